The van der Waals surface area contributed by atoms with Crippen molar-refractivity contribution in [1.82, 2.24) is 25.5 Å². The van der Waals surface area contributed by atoms with E-state index in [1.807, 2.05) is 55.4 Å². The van der Waals surface area contributed by atoms with Crippen molar-refractivity contribution in [3.63, 3.8) is 0 Å². The van der Waals surface area contributed by atoms with Crippen LogP contribution in [0.25, 0.3) is 0 Å². The molecule has 126 valence electrons. The van der Waals surface area contributed by atoms with E-state index in [1.54, 1.807) is 4.80 Å². The van der Waals surface area contributed by atoms with E-state index < -0.39 is 11.1 Å². The molecule has 0 aromatic carbocycles. The van der Waals surface area contributed by atoms with Gasteiger partial charge in [-0.2, -0.15) is 4.80 Å². The number of nitrogens with zero attached hydrogens (tertiary/aromatic N) is 4. The average molecular weight is 311 g/mol. The third-order valence-electron chi connectivity index (χ3n) is 2.79. The third kappa shape index (κ3) is 6.51. The van der Waals surface area contributed by atoms with Gasteiger partial charge in [0.1, 0.15) is 5.60 Å². The summed E-state index contributed by atoms with van der Waals surface area (Å²) in [6, 6.07) is 0. The van der Waals surface area contributed by atoms with E-state index in [2.05, 4.69) is 20.7 Å². The largest absolute Gasteiger partial charge is 0.460 e. The zero-order chi connectivity index (χ0) is 17.2. The van der Waals surface area contributed by atoms with Crippen molar-refractivity contribution < 1.29 is 9.53 Å². The minimum absolute atomic E-state index is 0.197. The highest BCUT2D eigenvalue weighted by Gasteiger charge is 2.26. The van der Waals surface area contributed by atoms with Crippen molar-refractivity contribution in [1.29, 1.82) is 0 Å². The maximum atomic E-state index is 11.9. The normalized spacial score (nSPS) is 13.3. The molecule has 0 bridgehead atoms. The number of hydrogen-bond acceptors (Lipinski definition) is 6. The van der Waals surface area contributed by atoms with Crippen molar-refractivity contribution in [2.45, 2.75) is 85.0 Å². The lowest BCUT2D eigenvalue weighted by Crippen LogP contribution is -2.42. The zero-order valence-electron chi connectivity index (χ0n) is 15.0. The molecule has 1 aromatic rings. The van der Waals surface area contributed by atoms with Crippen LogP contribution in [0.1, 0.15) is 67.6 Å². The van der Waals surface area contributed by atoms with Gasteiger partial charge in [-0.3, -0.25) is 4.79 Å². The van der Waals surface area contributed by atoms with Crippen molar-refractivity contribution >= 4 is 5.97 Å². The number of carbonyl (C=O) groups is 1. The van der Waals surface area contributed by atoms with E-state index in [4.69, 9.17) is 4.74 Å². The predicted molar refractivity (Wildman–Crippen MR) is 84.2 cm³/mol. The van der Waals surface area contributed by atoms with Crippen molar-refractivity contribution in [2.75, 3.05) is 0 Å². The third-order valence-corrected chi connectivity index (χ3v) is 2.79. The fourth-order valence-corrected chi connectivity index (χ4v) is 1.72. The van der Waals surface area contributed by atoms with Crippen LogP contribution < -0.4 is 5.32 Å². The molecule has 0 aliphatic rings. The fraction of sp³-hybridized carbons (Fsp3) is 0.867. The molecular formula is C15H29N5O2. The van der Waals surface area contributed by atoms with E-state index in [-0.39, 0.29) is 17.9 Å². The average Bonchev–Trinajstić information content (AvgIpc) is 2.70. The van der Waals surface area contributed by atoms with Gasteiger partial charge < -0.3 is 10.1 Å². The number of aromatic nitrogens is 4. The number of carbonyl (C=O) groups excluding carboxylic acids is 1. The summed E-state index contributed by atoms with van der Waals surface area (Å²) in [7, 11) is 0. The summed E-state index contributed by atoms with van der Waals surface area (Å²) in [5.41, 5.74) is -1.07. The van der Waals surface area contributed by atoms with E-state index in [1.165, 1.54) is 0 Å². The Hall–Kier alpha value is -1.50. The molecule has 0 saturated carbocycles. The first-order valence-corrected chi connectivity index (χ1v) is 7.55. The molecule has 0 amide bonds. The van der Waals surface area contributed by atoms with Gasteiger partial charge >= 0.3 is 5.97 Å². The molecule has 0 spiro atoms. The maximum Gasteiger partial charge on any atom is 0.308 e. The summed E-state index contributed by atoms with van der Waals surface area (Å²) < 4.78 is 5.35. The number of nitrogens with one attached hydrogen (secondary N) is 1. The van der Waals surface area contributed by atoms with Crippen LogP contribution in [0.4, 0.5) is 0 Å². The van der Waals surface area contributed by atoms with E-state index in [9.17, 15) is 4.79 Å². The van der Waals surface area contributed by atoms with Crippen LogP contribution >= 0.6 is 0 Å². The molecule has 0 saturated heterocycles. The molecule has 0 aliphatic heterocycles. The summed E-state index contributed by atoms with van der Waals surface area (Å²) in [4.78, 5) is 13.5. The number of hydrogen-bond donors (Lipinski definition) is 1. The molecule has 0 radical (unpaired) electrons. The van der Waals surface area contributed by atoms with Crippen LogP contribution in [0.15, 0.2) is 0 Å². The number of rotatable bonds is 5. The summed E-state index contributed by atoms with van der Waals surface area (Å²) in [6.45, 7) is 16.0. The molecule has 1 aromatic heterocycles. The topological polar surface area (TPSA) is 81.9 Å². The van der Waals surface area contributed by atoms with Gasteiger partial charge in [0, 0.05) is 5.54 Å². The van der Waals surface area contributed by atoms with Gasteiger partial charge in [-0.05, 0) is 60.6 Å². The molecule has 22 heavy (non-hydrogen) atoms. The molecule has 1 heterocycles. The molecule has 0 fully saturated rings. The Morgan fingerprint density at radius 1 is 1.14 bits per heavy atom. The summed E-state index contributed by atoms with van der Waals surface area (Å²) in [5, 5.41) is 15.7. The van der Waals surface area contributed by atoms with Crippen LogP contribution in [-0.2, 0) is 21.6 Å². The second-order valence-electron chi connectivity index (χ2n) is 8.17. The Bertz CT molecular complexity index is 509. The van der Waals surface area contributed by atoms with Crippen molar-refractivity contribution in [3.8, 4) is 0 Å². The zero-order valence-corrected chi connectivity index (χ0v) is 15.0. The van der Waals surface area contributed by atoms with E-state index >= 15 is 0 Å². The number of ether oxygens (including phenoxy) is 1. The second-order valence-corrected chi connectivity index (χ2v) is 8.17. The van der Waals surface area contributed by atoms with Gasteiger partial charge in [-0.15, -0.1) is 10.2 Å². The van der Waals surface area contributed by atoms with Crippen LogP contribution in [-0.4, -0.2) is 37.3 Å². The number of tetrazole rings is 1. The van der Waals surface area contributed by atoms with Crippen LogP contribution in [0.2, 0.25) is 0 Å². The van der Waals surface area contributed by atoms with Gasteiger partial charge in [-0.25, -0.2) is 0 Å². The van der Waals surface area contributed by atoms with Crippen LogP contribution in [0.3, 0.4) is 0 Å². The molecule has 7 heteroatoms. The Morgan fingerprint density at radius 2 is 1.73 bits per heavy atom. The number of esters is 1. The van der Waals surface area contributed by atoms with Gasteiger partial charge in [0.25, 0.3) is 0 Å². The van der Waals surface area contributed by atoms with Gasteiger partial charge in [-0.1, -0.05) is 0 Å². The minimum Gasteiger partial charge on any atom is -0.460 e. The summed E-state index contributed by atoms with van der Waals surface area (Å²) >= 11 is 0. The van der Waals surface area contributed by atoms with E-state index in [0.29, 0.717) is 12.4 Å². The van der Waals surface area contributed by atoms with Crippen molar-refractivity contribution in [3.05, 3.63) is 5.82 Å². The molecule has 7 nitrogen and oxygen atoms in total. The summed E-state index contributed by atoms with van der Waals surface area (Å²) in [5.74, 6) is 0.378. The van der Waals surface area contributed by atoms with Crippen LogP contribution in [0.5, 0.6) is 0 Å². The Kier molecular flexibility index (Phi) is 5.33. The van der Waals surface area contributed by atoms with Gasteiger partial charge in [0.15, 0.2) is 5.82 Å². The minimum atomic E-state index is -0.468. The first-order valence-electron chi connectivity index (χ1n) is 7.55. The smallest absolute Gasteiger partial charge is 0.308 e. The Balaban J connectivity index is 2.55. The highest BCUT2D eigenvalue weighted by Crippen LogP contribution is 2.15. The lowest BCUT2D eigenvalue weighted by molar-refractivity contribution is -0.156. The molecule has 1 rings (SSSR count). The molecular weight excluding hydrogens is 282 g/mol. The molecule has 0 atom stereocenters. The Labute approximate surface area is 132 Å². The van der Waals surface area contributed by atoms with E-state index in [0.717, 1.165) is 0 Å². The standard InChI is InChI=1S/C15H29N5O2/c1-13(2,3)20-18-11(17-19-20)10-16-15(7,8)9-12(21)22-14(4,5)6/h16H,9-10H2,1-8H3. The van der Waals surface area contributed by atoms with Crippen molar-refractivity contribution in [2.24, 2.45) is 0 Å². The molecule has 0 aliphatic carbocycles. The highest BCUT2D eigenvalue weighted by atomic mass is 16.6. The predicted octanol–water partition coefficient (Wildman–Crippen LogP) is 2.03. The monoisotopic (exact) mass is 311 g/mol. The first kappa shape index (κ1) is 18.5. The highest BCUT2D eigenvalue weighted by molar-refractivity contribution is 5.71. The summed E-state index contributed by atoms with van der Waals surface area (Å²) in [6.07, 6.45) is 0.275. The molecule has 0 unspecified atom stereocenters. The molecule has 1 N–H and O–H groups in total. The second kappa shape index (κ2) is 6.32. The van der Waals surface area contributed by atoms with Gasteiger partial charge in [0.05, 0.1) is 18.5 Å². The lowest BCUT2D eigenvalue weighted by Gasteiger charge is -2.27. The fourth-order valence-electron chi connectivity index (χ4n) is 1.72. The maximum absolute atomic E-state index is 11.9. The Morgan fingerprint density at radius 3 is 2.18 bits per heavy atom. The SMILES string of the molecule is CC(C)(CC(=O)OC(C)(C)C)NCc1nnn(C(C)(C)C)n1. The lowest BCUT2D eigenvalue weighted by atomic mass is 10.0. The first-order chi connectivity index (χ1) is 9.78. The van der Waals surface area contributed by atoms with Crippen LogP contribution in [0, 0.1) is 0 Å². The quantitative estimate of drug-likeness (QED) is 0.838. The van der Waals surface area contributed by atoms with Gasteiger partial charge in [0.2, 0.25) is 0 Å².